The molecule has 1 aromatic rings. The summed E-state index contributed by atoms with van der Waals surface area (Å²) in [6.45, 7) is 3.35. The van der Waals surface area contributed by atoms with Crippen molar-refractivity contribution < 1.29 is 8.42 Å². The summed E-state index contributed by atoms with van der Waals surface area (Å²) in [5.74, 6) is 0.00861. The van der Waals surface area contributed by atoms with Crippen molar-refractivity contribution in [2.45, 2.75) is 25.1 Å². The molecule has 0 fully saturated rings. The molecule has 1 atom stereocenters. The number of nitrogens with two attached hydrogens (primary N) is 1. The van der Waals surface area contributed by atoms with Gasteiger partial charge in [-0.1, -0.05) is 30.3 Å². The lowest BCUT2D eigenvalue weighted by Gasteiger charge is -2.14. The minimum Gasteiger partial charge on any atom is -0.323 e. The van der Waals surface area contributed by atoms with Crippen molar-refractivity contribution in [3.05, 3.63) is 35.9 Å². The second kappa shape index (κ2) is 4.77. The first-order valence-corrected chi connectivity index (χ1v) is 6.67. The maximum atomic E-state index is 11.6. The molecule has 0 heterocycles. The zero-order valence-corrected chi connectivity index (χ0v) is 9.87. The van der Waals surface area contributed by atoms with Crippen LogP contribution in [0.25, 0.3) is 0 Å². The third-order valence-corrected chi connectivity index (χ3v) is 4.62. The van der Waals surface area contributed by atoms with E-state index >= 15 is 0 Å². The summed E-state index contributed by atoms with van der Waals surface area (Å²) in [4.78, 5) is 0. The van der Waals surface area contributed by atoms with Gasteiger partial charge in [0.2, 0.25) is 0 Å². The van der Waals surface area contributed by atoms with E-state index in [-0.39, 0.29) is 11.0 Å². The Balaban J connectivity index is 2.77. The molecule has 0 radical (unpaired) electrons. The van der Waals surface area contributed by atoms with E-state index in [0.717, 1.165) is 5.56 Å². The number of rotatable bonds is 4. The monoisotopic (exact) mass is 227 g/mol. The molecule has 4 heteroatoms. The fraction of sp³-hybridized carbons (Fsp3) is 0.455. The molecule has 0 aliphatic heterocycles. The average Bonchev–Trinajstić information content (AvgIpc) is 2.18. The molecule has 0 saturated heterocycles. The van der Waals surface area contributed by atoms with Gasteiger partial charge < -0.3 is 5.73 Å². The quantitative estimate of drug-likeness (QED) is 0.848. The highest BCUT2D eigenvalue weighted by Crippen LogP contribution is 2.14. The van der Waals surface area contributed by atoms with Gasteiger partial charge in [0.15, 0.2) is 9.84 Å². The SMILES string of the molecule is CC(C)S(=O)(=O)CC(N)c1ccccc1. The highest BCUT2D eigenvalue weighted by atomic mass is 32.2. The van der Waals surface area contributed by atoms with Gasteiger partial charge >= 0.3 is 0 Å². The highest BCUT2D eigenvalue weighted by Gasteiger charge is 2.20. The van der Waals surface area contributed by atoms with Crippen molar-refractivity contribution in [1.29, 1.82) is 0 Å². The van der Waals surface area contributed by atoms with Crippen LogP contribution in [0, 0.1) is 0 Å². The standard InChI is InChI=1S/C11H17NO2S/c1-9(2)15(13,14)8-11(12)10-6-4-3-5-7-10/h3-7,9,11H,8,12H2,1-2H3. The van der Waals surface area contributed by atoms with E-state index in [1.807, 2.05) is 30.3 Å². The number of sulfone groups is 1. The van der Waals surface area contributed by atoms with Crippen LogP contribution in [-0.4, -0.2) is 19.4 Å². The Bertz CT molecular complexity index is 398. The molecular weight excluding hydrogens is 210 g/mol. The Morgan fingerprint density at radius 2 is 1.73 bits per heavy atom. The van der Waals surface area contributed by atoms with Crippen LogP contribution >= 0.6 is 0 Å². The van der Waals surface area contributed by atoms with Gasteiger partial charge in [0.1, 0.15) is 0 Å². The summed E-state index contributed by atoms with van der Waals surface area (Å²) >= 11 is 0. The highest BCUT2D eigenvalue weighted by molar-refractivity contribution is 7.92. The average molecular weight is 227 g/mol. The Morgan fingerprint density at radius 3 is 2.20 bits per heavy atom. The van der Waals surface area contributed by atoms with Gasteiger partial charge in [-0.3, -0.25) is 0 Å². The van der Waals surface area contributed by atoms with E-state index in [9.17, 15) is 8.42 Å². The maximum Gasteiger partial charge on any atom is 0.154 e. The normalized spacial score (nSPS) is 14.1. The molecule has 0 aromatic heterocycles. The number of hydrogen-bond donors (Lipinski definition) is 1. The number of hydrogen-bond acceptors (Lipinski definition) is 3. The predicted molar refractivity (Wildman–Crippen MR) is 62.3 cm³/mol. The number of benzene rings is 1. The van der Waals surface area contributed by atoms with Crippen LogP contribution in [0.1, 0.15) is 25.5 Å². The zero-order chi connectivity index (χ0) is 11.5. The minimum atomic E-state index is -3.07. The summed E-state index contributed by atoms with van der Waals surface area (Å²) < 4.78 is 23.3. The van der Waals surface area contributed by atoms with Gasteiger partial charge in [0.05, 0.1) is 11.0 Å². The third kappa shape index (κ3) is 3.32. The van der Waals surface area contributed by atoms with E-state index < -0.39 is 15.9 Å². The van der Waals surface area contributed by atoms with E-state index in [2.05, 4.69) is 0 Å². The van der Waals surface area contributed by atoms with Crippen molar-refractivity contribution in [1.82, 2.24) is 0 Å². The van der Waals surface area contributed by atoms with Crippen LogP contribution in [0.4, 0.5) is 0 Å². The lowest BCUT2D eigenvalue weighted by atomic mass is 10.1. The molecule has 0 amide bonds. The molecule has 0 spiro atoms. The maximum absolute atomic E-state index is 11.6. The first-order valence-electron chi connectivity index (χ1n) is 4.95. The summed E-state index contributed by atoms with van der Waals surface area (Å²) in [5.41, 5.74) is 6.70. The Kier molecular flexibility index (Phi) is 3.88. The Hall–Kier alpha value is -0.870. The Labute approximate surface area is 91.2 Å². The van der Waals surface area contributed by atoms with E-state index in [4.69, 9.17) is 5.73 Å². The van der Waals surface area contributed by atoms with Crippen LogP contribution in [0.3, 0.4) is 0 Å². The van der Waals surface area contributed by atoms with Gasteiger partial charge in [-0.25, -0.2) is 8.42 Å². The van der Waals surface area contributed by atoms with Crippen LogP contribution in [-0.2, 0) is 9.84 Å². The van der Waals surface area contributed by atoms with Crippen LogP contribution in [0.15, 0.2) is 30.3 Å². The predicted octanol–water partition coefficient (Wildman–Crippen LogP) is 1.51. The fourth-order valence-corrected chi connectivity index (χ4v) is 2.32. The van der Waals surface area contributed by atoms with E-state index in [0.29, 0.717) is 0 Å². The van der Waals surface area contributed by atoms with E-state index in [1.165, 1.54) is 0 Å². The van der Waals surface area contributed by atoms with Crippen molar-refractivity contribution in [2.75, 3.05) is 5.75 Å². The molecule has 0 aliphatic rings. The summed E-state index contributed by atoms with van der Waals surface area (Å²) in [6, 6.07) is 8.86. The summed E-state index contributed by atoms with van der Waals surface area (Å²) in [5, 5.41) is -0.368. The second-order valence-corrected chi connectivity index (χ2v) is 6.50. The van der Waals surface area contributed by atoms with Crippen molar-refractivity contribution in [3.63, 3.8) is 0 Å². The molecule has 84 valence electrons. The van der Waals surface area contributed by atoms with Gasteiger partial charge in [-0.2, -0.15) is 0 Å². The largest absolute Gasteiger partial charge is 0.323 e. The molecular formula is C11H17NO2S. The van der Waals surface area contributed by atoms with Crippen LogP contribution in [0.2, 0.25) is 0 Å². The Morgan fingerprint density at radius 1 is 1.20 bits per heavy atom. The van der Waals surface area contributed by atoms with Gasteiger partial charge in [0, 0.05) is 6.04 Å². The van der Waals surface area contributed by atoms with Gasteiger partial charge in [-0.15, -0.1) is 0 Å². The molecule has 0 aliphatic carbocycles. The fourth-order valence-electron chi connectivity index (χ4n) is 1.24. The summed E-state index contributed by atoms with van der Waals surface area (Å²) in [6.07, 6.45) is 0. The lowest BCUT2D eigenvalue weighted by Crippen LogP contribution is -2.26. The second-order valence-electron chi connectivity index (χ2n) is 3.90. The third-order valence-electron chi connectivity index (χ3n) is 2.36. The molecule has 0 bridgehead atoms. The zero-order valence-electron chi connectivity index (χ0n) is 9.05. The summed E-state index contributed by atoms with van der Waals surface area (Å²) in [7, 11) is -3.07. The molecule has 3 nitrogen and oxygen atoms in total. The molecule has 15 heavy (non-hydrogen) atoms. The smallest absolute Gasteiger partial charge is 0.154 e. The molecule has 0 saturated carbocycles. The molecule has 2 N–H and O–H groups in total. The van der Waals surface area contributed by atoms with E-state index in [1.54, 1.807) is 13.8 Å². The minimum absolute atomic E-state index is 0.00861. The van der Waals surface area contributed by atoms with Crippen LogP contribution < -0.4 is 5.73 Å². The van der Waals surface area contributed by atoms with Crippen molar-refractivity contribution in [3.8, 4) is 0 Å². The first kappa shape index (κ1) is 12.2. The molecule has 1 rings (SSSR count). The van der Waals surface area contributed by atoms with Crippen molar-refractivity contribution >= 4 is 9.84 Å². The first-order chi connectivity index (χ1) is 6.93. The van der Waals surface area contributed by atoms with Crippen molar-refractivity contribution in [2.24, 2.45) is 5.73 Å². The lowest BCUT2D eigenvalue weighted by molar-refractivity contribution is 0.580. The van der Waals surface area contributed by atoms with Crippen LogP contribution in [0.5, 0.6) is 0 Å². The topological polar surface area (TPSA) is 60.2 Å². The van der Waals surface area contributed by atoms with Gasteiger partial charge in [-0.05, 0) is 19.4 Å². The van der Waals surface area contributed by atoms with Gasteiger partial charge in [0.25, 0.3) is 0 Å². The molecule has 1 aromatic carbocycles. The molecule has 1 unspecified atom stereocenters.